The Labute approximate surface area is 360 Å². The van der Waals surface area contributed by atoms with Crippen molar-refractivity contribution in [1.82, 2.24) is 0 Å². The molecular weight excluding hydrogens is 735 g/mol. The summed E-state index contributed by atoms with van der Waals surface area (Å²) in [6.45, 7) is 9.41. The summed E-state index contributed by atoms with van der Waals surface area (Å²) in [7, 11) is 0. The van der Waals surface area contributed by atoms with Crippen LogP contribution in [0.2, 0.25) is 0 Å². The van der Waals surface area contributed by atoms with Gasteiger partial charge in [0.1, 0.15) is 0 Å². The first-order valence-corrected chi connectivity index (χ1v) is 21.5. The molecule has 0 amide bonds. The van der Waals surface area contributed by atoms with Gasteiger partial charge in [-0.15, -0.1) is 0 Å². The first-order valence-electron chi connectivity index (χ1n) is 21.5. The third-order valence-corrected chi connectivity index (χ3v) is 13.5. The van der Waals surface area contributed by atoms with Gasteiger partial charge < -0.3 is 4.90 Å². The highest BCUT2D eigenvalue weighted by Gasteiger charge is 2.36. The smallest absolute Gasteiger partial charge is 0.0467 e. The molecule has 9 aromatic rings. The van der Waals surface area contributed by atoms with Crippen LogP contribution < -0.4 is 4.90 Å². The fourth-order valence-corrected chi connectivity index (χ4v) is 10.2. The van der Waals surface area contributed by atoms with E-state index in [0.717, 1.165) is 17.1 Å². The molecule has 2 aliphatic rings. The zero-order valence-corrected chi connectivity index (χ0v) is 35.2. The van der Waals surface area contributed by atoms with Crippen molar-refractivity contribution in [3.63, 3.8) is 0 Å². The average Bonchev–Trinajstić information content (AvgIpc) is 3.69. The lowest BCUT2D eigenvalue weighted by atomic mass is 9.81. The van der Waals surface area contributed by atoms with Gasteiger partial charge in [-0.2, -0.15) is 0 Å². The van der Waals surface area contributed by atoms with Crippen LogP contribution in [0.4, 0.5) is 17.1 Å². The monoisotopic (exact) mass is 781 g/mol. The van der Waals surface area contributed by atoms with Gasteiger partial charge in [-0.25, -0.2) is 0 Å². The van der Waals surface area contributed by atoms with Crippen LogP contribution in [0.5, 0.6) is 0 Å². The summed E-state index contributed by atoms with van der Waals surface area (Å²) in [6, 6.07) is 78.5. The number of anilines is 3. The molecule has 9 aromatic carbocycles. The molecule has 0 N–H and O–H groups in total. The van der Waals surface area contributed by atoms with Gasteiger partial charge in [0.15, 0.2) is 0 Å². The quantitative estimate of drug-likeness (QED) is 0.156. The number of fused-ring (bicyclic) bond motifs is 6. The van der Waals surface area contributed by atoms with Crippen molar-refractivity contribution in [2.24, 2.45) is 0 Å². The van der Waals surface area contributed by atoms with Crippen molar-refractivity contribution in [2.75, 3.05) is 4.90 Å². The van der Waals surface area contributed by atoms with Gasteiger partial charge in [-0.1, -0.05) is 191 Å². The normalized spacial score (nSPS) is 13.8. The number of hydrogen-bond acceptors (Lipinski definition) is 1. The molecule has 0 saturated heterocycles. The summed E-state index contributed by atoms with van der Waals surface area (Å²) in [6.07, 6.45) is 0. The summed E-state index contributed by atoms with van der Waals surface area (Å²) in [4.78, 5) is 2.42. The summed E-state index contributed by atoms with van der Waals surface area (Å²) in [5.41, 5.74) is 23.9. The lowest BCUT2D eigenvalue weighted by Crippen LogP contribution is -2.16. The van der Waals surface area contributed by atoms with E-state index in [9.17, 15) is 0 Å². The summed E-state index contributed by atoms with van der Waals surface area (Å²) >= 11 is 0. The highest BCUT2D eigenvalue weighted by atomic mass is 15.1. The minimum Gasteiger partial charge on any atom is -0.310 e. The molecule has 0 saturated carbocycles. The molecular formula is C60H47N. The SMILES string of the molecule is CC1(C)c2ccccc2-c2ccc(-c3ccc(-c4ccc(N(c5cccc(-c6cccc(-c7ccccc7)c6)c5)c5ccc6c(c5)C(C)(C)c5ccccc5-6)cc4)cc3)cc21. The lowest BCUT2D eigenvalue weighted by Gasteiger charge is -2.28. The van der Waals surface area contributed by atoms with E-state index in [4.69, 9.17) is 0 Å². The number of nitrogens with zero attached hydrogens (tertiary/aromatic N) is 1. The third kappa shape index (κ3) is 6.15. The molecule has 61 heavy (non-hydrogen) atoms. The zero-order valence-electron chi connectivity index (χ0n) is 35.2. The molecule has 1 nitrogen and oxygen atoms in total. The fraction of sp³-hybridized carbons (Fsp3) is 0.100. The highest BCUT2D eigenvalue weighted by molar-refractivity contribution is 5.88. The molecule has 0 aromatic heterocycles. The Morgan fingerprint density at radius 3 is 1.26 bits per heavy atom. The van der Waals surface area contributed by atoms with Crippen molar-refractivity contribution in [3.05, 3.63) is 235 Å². The van der Waals surface area contributed by atoms with E-state index in [1.807, 2.05) is 0 Å². The van der Waals surface area contributed by atoms with Crippen molar-refractivity contribution in [1.29, 1.82) is 0 Å². The Bertz CT molecular complexity index is 3110. The van der Waals surface area contributed by atoms with E-state index in [1.54, 1.807) is 0 Å². The van der Waals surface area contributed by atoms with Crippen LogP contribution in [0.3, 0.4) is 0 Å². The molecule has 0 spiro atoms. The molecule has 0 bridgehead atoms. The summed E-state index contributed by atoms with van der Waals surface area (Å²) in [5, 5.41) is 0. The predicted molar refractivity (Wildman–Crippen MR) is 258 cm³/mol. The van der Waals surface area contributed by atoms with Crippen LogP contribution in [-0.2, 0) is 10.8 Å². The summed E-state index contributed by atoms with van der Waals surface area (Å²) in [5.74, 6) is 0. The fourth-order valence-electron chi connectivity index (χ4n) is 10.2. The van der Waals surface area contributed by atoms with E-state index in [0.29, 0.717) is 0 Å². The Morgan fingerprint density at radius 2 is 0.623 bits per heavy atom. The first kappa shape index (κ1) is 36.8. The van der Waals surface area contributed by atoms with Crippen molar-refractivity contribution in [3.8, 4) is 66.8 Å². The molecule has 11 rings (SSSR count). The second kappa shape index (κ2) is 14.2. The van der Waals surface area contributed by atoms with Crippen LogP contribution in [0.25, 0.3) is 66.8 Å². The van der Waals surface area contributed by atoms with E-state index in [1.165, 1.54) is 89.0 Å². The van der Waals surface area contributed by atoms with Crippen molar-refractivity contribution in [2.45, 2.75) is 38.5 Å². The van der Waals surface area contributed by atoms with Gasteiger partial charge in [-0.3, -0.25) is 0 Å². The van der Waals surface area contributed by atoms with Gasteiger partial charge in [0, 0.05) is 27.9 Å². The van der Waals surface area contributed by atoms with Gasteiger partial charge >= 0.3 is 0 Å². The zero-order chi connectivity index (χ0) is 41.3. The molecule has 0 unspecified atom stereocenters. The Morgan fingerprint density at radius 1 is 0.246 bits per heavy atom. The van der Waals surface area contributed by atoms with Gasteiger partial charge in [-0.05, 0) is 138 Å². The molecule has 0 heterocycles. The number of rotatable bonds is 7. The second-order valence-corrected chi connectivity index (χ2v) is 17.8. The highest BCUT2D eigenvalue weighted by Crippen LogP contribution is 2.52. The van der Waals surface area contributed by atoms with E-state index in [2.05, 4.69) is 245 Å². The first-order chi connectivity index (χ1) is 29.7. The van der Waals surface area contributed by atoms with Crippen LogP contribution >= 0.6 is 0 Å². The second-order valence-electron chi connectivity index (χ2n) is 17.8. The molecule has 0 fully saturated rings. The Kier molecular flexibility index (Phi) is 8.58. The third-order valence-electron chi connectivity index (χ3n) is 13.5. The molecule has 0 radical (unpaired) electrons. The minimum atomic E-state index is -0.107. The molecule has 0 atom stereocenters. The average molecular weight is 782 g/mol. The molecule has 1 heteroatoms. The van der Waals surface area contributed by atoms with Crippen molar-refractivity contribution >= 4 is 17.1 Å². The maximum absolute atomic E-state index is 2.42. The Balaban J connectivity index is 0.949. The maximum Gasteiger partial charge on any atom is 0.0467 e. The minimum absolute atomic E-state index is 0.0206. The standard InChI is InChI=1S/C60H47N/c1-59(2)55-22-10-8-20-51(55)53-34-30-47(38-57(53)59)43-26-24-41(25-27-43)42-28-31-48(32-29-42)61(50-33-35-54-52-21-9-11-23-56(52)60(3,4)58(54)39-50)49-19-13-18-46(37-49)45-17-12-16-44(36-45)40-14-6-5-7-15-40/h5-39H,1-4H3. The van der Waals surface area contributed by atoms with Crippen LogP contribution in [0, 0.1) is 0 Å². The maximum atomic E-state index is 2.42. The number of benzene rings is 9. The molecule has 292 valence electrons. The van der Waals surface area contributed by atoms with Gasteiger partial charge in [0.25, 0.3) is 0 Å². The van der Waals surface area contributed by atoms with E-state index < -0.39 is 0 Å². The van der Waals surface area contributed by atoms with Crippen LogP contribution in [-0.4, -0.2) is 0 Å². The van der Waals surface area contributed by atoms with Crippen molar-refractivity contribution < 1.29 is 0 Å². The van der Waals surface area contributed by atoms with Gasteiger partial charge in [0.05, 0.1) is 0 Å². The summed E-state index contributed by atoms with van der Waals surface area (Å²) < 4.78 is 0. The largest absolute Gasteiger partial charge is 0.310 e. The predicted octanol–water partition coefficient (Wildman–Crippen LogP) is 16.4. The Hall–Kier alpha value is -7.22. The van der Waals surface area contributed by atoms with Crippen LogP contribution in [0.15, 0.2) is 212 Å². The topological polar surface area (TPSA) is 3.24 Å². The molecule has 0 aliphatic heterocycles. The number of hydrogen-bond donors (Lipinski definition) is 0. The molecule has 2 aliphatic carbocycles. The van der Waals surface area contributed by atoms with E-state index in [-0.39, 0.29) is 10.8 Å². The van der Waals surface area contributed by atoms with E-state index >= 15 is 0 Å². The van der Waals surface area contributed by atoms with Crippen LogP contribution in [0.1, 0.15) is 49.9 Å². The lowest BCUT2D eigenvalue weighted by molar-refractivity contribution is 0.660. The van der Waals surface area contributed by atoms with Gasteiger partial charge in [0.2, 0.25) is 0 Å².